The van der Waals surface area contributed by atoms with E-state index in [-0.39, 0.29) is 0 Å². The molecule has 0 fully saturated rings. The first-order valence-electron chi connectivity index (χ1n) is 8.53. The number of nitrogens with zero attached hydrogens (tertiary/aromatic N) is 4. The van der Waals surface area contributed by atoms with E-state index in [4.69, 9.17) is 0 Å². The maximum atomic E-state index is 4.47. The predicted octanol–water partition coefficient (Wildman–Crippen LogP) is 4.76. The molecule has 2 aromatic carbocycles. The molecule has 4 aromatic rings. The zero-order chi connectivity index (χ0) is 17.8. The van der Waals surface area contributed by atoms with Crippen molar-refractivity contribution in [1.29, 1.82) is 0 Å². The highest BCUT2D eigenvalue weighted by Gasteiger charge is 2.04. The molecular weight excluding hydrogens is 390 g/mol. The summed E-state index contributed by atoms with van der Waals surface area (Å²) in [5.41, 5.74) is 4.04. The Morgan fingerprint density at radius 2 is 1.85 bits per heavy atom. The van der Waals surface area contributed by atoms with Crippen molar-refractivity contribution in [3.8, 4) is 11.3 Å². The zero-order valence-corrected chi connectivity index (χ0v) is 15.7. The molecule has 1 N–H and O–H groups in total. The van der Waals surface area contributed by atoms with Gasteiger partial charge >= 0.3 is 0 Å². The van der Waals surface area contributed by atoms with E-state index < -0.39 is 0 Å². The Labute approximate surface area is 160 Å². The van der Waals surface area contributed by atoms with E-state index in [2.05, 4.69) is 54.7 Å². The van der Waals surface area contributed by atoms with Gasteiger partial charge in [-0.1, -0.05) is 51.5 Å². The van der Waals surface area contributed by atoms with Gasteiger partial charge in [-0.2, -0.15) is 0 Å². The van der Waals surface area contributed by atoms with Gasteiger partial charge in [0.2, 0.25) is 0 Å². The fraction of sp³-hybridized carbons (Fsp3) is 0.150. The Morgan fingerprint density at radius 1 is 1.00 bits per heavy atom. The van der Waals surface area contributed by atoms with Crippen LogP contribution in [-0.4, -0.2) is 26.5 Å². The Bertz CT molecular complexity index is 1000. The summed E-state index contributed by atoms with van der Waals surface area (Å²) in [5, 5.41) is 13.1. The molecule has 0 atom stereocenters. The first-order chi connectivity index (χ1) is 12.8. The third kappa shape index (κ3) is 3.75. The molecule has 0 bridgehead atoms. The van der Waals surface area contributed by atoms with Crippen LogP contribution < -0.4 is 5.32 Å². The molecule has 0 radical (unpaired) electrons. The number of pyridine rings is 1. The highest BCUT2D eigenvalue weighted by molar-refractivity contribution is 9.10. The lowest BCUT2D eigenvalue weighted by Crippen LogP contribution is -2.07. The minimum Gasteiger partial charge on any atom is -0.383 e. The lowest BCUT2D eigenvalue weighted by molar-refractivity contribution is 0.570. The lowest BCUT2D eigenvalue weighted by atomic mass is 10.2. The maximum absolute atomic E-state index is 4.47. The van der Waals surface area contributed by atoms with Crippen molar-refractivity contribution < 1.29 is 0 Å². The Hall–Kier alpha value is -2.73. The number of aryl methyl sites for hydroxylation is 1. The van der Waals surface area contributed by atoms with E-state index >= 15 is 0 Å². The summed E-state index contributed by atoms with van der Waals surface area (Å²) in [7, 11) is 0. The average Bonchev–Trinajstić information content (AvgIpc) is 3.15. The topological polar surface area (TPSA) is 55.6 Å². The number of halogens is 1. The van der Waals surface area contributed by atoms with Gasteiger partial charge < -0.3 is 5.32 Å². The van der Waals surface area contributed by atoms with E-state index in [1.807, 2.05) is 53.5 Å². The molecule has 6 heteroatoms. The summed E-state index contributed by atoms with van der Waals surface area (Å²) in [6.45, 7) is 1.66. The molecule has 2 aromatic heterocycles. The van der Waals surface area contributed by atoms with Crippen molar-refractivity contribution in [3.05, 3.63) is 71.5 Å². The number of hydrogen-bond donors (Lipinski definition) is 1. The van der Waals surface area contributed by atoms with Gasteiger partial charge in [-0.3, -0.25) is 9.67 Å². The first-order valence-corrected chi connectivity index (χ1v) is 9.32. The molecule has 0 spiro atoms. The predicted molar refractivity (Wildman–Crippen MR) is 108 cm³/mol. The number of hydrogen-bond acceptors (Lipinski definition) is 4. The zero-order valence-electron chi connectivity index (χ0n) is 14.1. The van der Waals surface area contributed by atoms with Crippen LogP contribution in [-0.2, 0) is 6.54 Å². The molecule has 4 rings (SSSR count). The third-order valence-electron chi connectivity index (χ3n) is 4.19. The Kier molecular flexibility index (Phi) is 4.93. The molecule has 0 unspecified atom stereocenters. The Morgan fingerprint density at radius 3 is 2.73 bits per heavy atom. The molecule has 0 amide bonds. The quantitative estimate of drug-likeness (QED) is 0.468. The van der Waals surface area contributed by atoms with Crippen molar-refractivity contribution in [2.75, 3.05) is 11.9 Å². The third-order valence-corrected chi connectivity index (χ3v) is 4.72. The van der Waals surface area contributed by atoms with Crippen LogP contribution in [0.5, 0.6) is 0 Å². The van der Waals surface area contributed by atoms with E-state index in [1.54, 1.807) is 0 Å². The van der Waals surface area contributed by atoms with Crippen LogP contribution in [0.1, 0.15) is 6.42 Å². The van der Waals surface area contributed by atoms with Gasteiger partial charge in [-0.05, 0) is 30.7 Å². The van der Waals surface area contributed by atoms with Crippen molar-refractivity contribution in [3.63, 3.8) is 0 Å². The highest BCUT2D eigenvalue weighted by Crippen LogP contribution is 2.21. The second-order valence-corrected chi connectivity index (χ2v) is 6.95. The van der Waals surface area contributed by atoms with Crippen LogP contribution in [0.4, 0.5) is 5.69 Å². The summed E-state index contributed by atoms with van der Waals surface area (Å²) in [5.74, 6) is 0. The smallest absolute Gasteiger partial charge is 0.113 e. The minimum absolute atomic E-state index is 0.814. The van der Waals surface area contributed by atoms with Crippen LogP contribution in [0.15, 0.2) is 71.5 Å². The van der Waals surface area contributed by atoms with Crippen LogP contribution in [0, 0.1) is 0 Å². The summed E-state index contributed by atoms with van der Waals surface area (Å²) in [6, 6.07) is 18.3. The number of anilines is 1. The van der Waals surface area contributed by atoms with E-state index in [0.29, 0.717) is 0 Å². The SMILES string of the molecule is Brc1ccc(-c2cn(CCCNc3cccc4cccnc34)nn2)cc1. The fourth-order valence-corrected chi connectivity index (χ4v) is 3.14. The van der Waals surface area contributed by atoms with Crippen molar-refractivity contribution >= 4 is 32.5 Å². The molecule has 0 saturated carbocycles. The van der Waals surface area contributed by atoms with Gasteiger partial charge in [0.15, 0.2) is 0 Å². The number of benzene rings is 2. The van der Waals surface area contributed by atoms with Crippen molar-refractivity contribution in [2.45, 2.75) is 13.0 Å². The van der Waals surface area contributed by atoms with E-state index in [1.165, 1.54) is 0 Å². The fourth-order valence-electron chi connectivity index (χ4n) is 2.87. The summed E-state index contributed by atoms with van der Waals surface area (Å²) in [6.07, 6.45) is 4.77. The molecule has 0 aliphatic rings. The van der Waals surface area contributed by atoms with E-state index in [0.717, 1.165) is 51.8 Å². The molecular formula is C20H18BrN5. The molecule has 0 aliphatic heterocycles. The standard InChI is InChI=1S/C20H18BrN5/c21-17-9-7-15(8-10-17)19-14-26(25-24-19)13-3-12-22-18-6-1-4-16-5-2-11-23-20(16)18/h1-2,4-11,14,22H,3,12-13H2. The number of nitrogens with one attached hydrogen (secondary N) is 1. The van der Waals surface area contributed by atoms with Gasteiger partial charge in [-0.15, -0.1) is 5.10 Å². The van der Waals surface area contributed by atoms with E-state index in [9.17, 15) is 0 Å². The normalized spacial score (nSPS) is 11.0. The second-order valence-electron chi connectivity index (χ2n) is 6.03. The highest BCUT2D eigenvalue weighted by atomic mass is 79.9. The van der Waals surface area contributed by atoms with Crippen LogP contribution in [0.25, 0.3) is 22.2 Å². The number of aromatic nitrogens is 4. The lowest BCUT2D eigenvalue weighted by Gasteiger charge is -2.08. The first kappa shape index (κ1) is 16.7. The number of para-hydroxylation sites is 1. The van der Waals surface area contributed by atoms with Gasteiger partial charge in [0.05, 0.1) is 17.4 Å². The molecule has 130 valence electrons. The molecule has 0 saturated heterocycles. The van der Waals surface area contributed by atoms with Crippen LogP contribution >= 0.6 is 15.9 Å². The molecule has 26 heavy (non-hydrogen) atoms. The largest absolute Gasteiger partial charge is 0.383 e. The Balaban J connectivity index is 1.34. The minimum atomic E-state index is 0.814. The van der Waals surface area contributed by atoms with Crippen LogP contribution in [0.3, 0.4) is 0 Å². The van der Waals surface area contributed by atoms with Gasteiger partial charge in [0.1, 0.15) is 5.69 Å². The second kappa shape index (κ2) is 7.66. The van der Waals surface area contributed by atoms with Crippen molar-refractivity contribution in [2.24, 2.45) is 0 Å². The monoisotopic (exact) mass is 407 g/mol. The molecule has 5 nitrogen and oxygen atoms in total. The average molecular weight is 408 g/mol. The summed E-state index contributed by atoms with van der Waals surface area (Å²) in [4.78, 5) is 4.47. The number of fused-ring (bicyclic) bond motifs is 1. The van der Waals surface area contributed by atoms with Gasteiger partial charge in [0.25, 0.3) is 0 Å². The van der Waals surface area contributed by atoms with Crippen LogP contribution in [0.2, 0.25) is 0 Å². The number of rotatable bonds is 6. The summed E-state index contributed by atoms with van der Waals surface area (Å²) < 4.78 is 2.95. The molecule has 0 aliphatic carbocycles. The summed E-state index contributed by atoms with van der Waals surface area (Å²) >= 11 is 3.45. The van der Waals surface area contributed by atoms with Gasteiger partial charge in [-0.25, -0.2) is 0 Å². The van der Waals surface area contributed by atoms with Crippen molar-refractivity contribution in [1.82, 2.24) is 20.0 Å². The molecule has 2 heterocycles. The van der Waals surface area contributed by atoms with Gasteiger partial charge in [0, 0.05) is 34.7 Å². The maximum Gasteiger partial charge on any atom is 0.113 e.